The Morgan fingerprint density at radius 1 is 0.897 bits per heavy atom. The number of benzene rings is 2. The van der Waals surface area contributed by atoms with Gasteiger partial charge in [-0.2, -0.15) is 5.10 Å². The standard InChI is InChI=1S/C25H31N3O/c1-29-19-23-16-25(27-26-23)22-12-14-24(15-13-22)28(17-20-8-4-2-5-9-20)18-21-10-6-3-7-11-21/h2-11,16,22,24H,12-15,17-19H2,1H3,(H,26,27)/t22-,24-. The largest absolute Gasteiger partial charge is 0.378 e. The summed E-state index contributed by atoms with van der Waals surface area (Å²) in [5, 5.41) is 7.66. The number of methoxy groups -OCH3 is 1. The zero-order chi connectivity index (χ0) is 19.9. The van der Waals surface area contributed by atoms with Crippen molar-refractivity contribution in [3.63, 3.8) is 0 Å². The molecule has 0 saturated heterocycles. The number of H-pyrrole nitrogens is 1. The minimum Gasteiger partial charge on any atom is -0.378 e. The summed E-state index contributed by atoms with van der Waals surface area (Å²) in [6, 6.07) is 24.5. The van der Waals surface area contributed by atoms with Gasteiger partial charge < -0.3 is 4.74 Å². The number of nitrogens with zero attached hydrogens (tertiary/aromatic N) is 2. The Morgan fingerprint density at radius 3 is 2.03 bits per heavy atom. The molecule has 0 spiro atoms. The van der Waals surface area contributed by atoms with Gasteiger partial charge in [-0.1, -0.05) is 60.7 Å². The molecule has 1 aliphatic rings. The Balaban J connectivity index is 1.42. The molecule has 0 bridgehead atoms. The van der Waals surface area contributed by atoms with E-state index in [1.54, 1.807) is 7.11 Å². The zero-order valence-electron chi connectivity index (χ0n) is 17.3. The fourth-order valence-electron chi connectivity index (χ4n) is 4.50. The molecule has 4 rings (SSSR count). The highest BCUT2D eigenvalue weighted by atomic mass is 16.5. The van der Waals surface area contributed by atoms with Crippen molar-refractivity contribution in [3.8, 4) is 0 Å². The Hall–Kier alpha value is -2.43. The van der Waals surface area contributed by atoms with Crippen LogP contribution in [0.5, 0.6) is 0 Å². The van der Waals surface area contributed by atoms with E-state index in [9.17, 15) is 0 Å². The smallest absolute Gasteiger partial charge is 0.0878 e. The van der Waals surface area contributed by atoms with Crippen molar-refractivity contribution in [2.75, 3.05) is 7.11 Å². The Kier molecular flexibility index (Phi) is 6.75. The number of hydrogen-bond donors (Lipinski definition) is 1. The molecule has 0 aliphatic heterocycles. The lowest BCUT2D eigenvalue weighted by Gasteiger charge is -2.37. The molecule has 1 fully saturated rings. The van der Waals surface area contributed by atoms with E-state index in [0.29, 0.717) is 18.6 Å². The first-order valence-electron chi connectivity index (χ1n) is 10.7. The highest BCUT2D eigenvalue weighted by Gasteiger charge is 2.28. The second kappa shape index (κ2) is 9.86. The minimum atomic E-state index is 0.559. The third-order valence-corrected chi connectivity index (χ3v) is 6.04. The van der Waals surface area contributed by atoms with E-state index in [0.717, 1.165) is 18.8 Å². The number of ether oxygens (including phenoxy) is 1. The lowest BCUT2D eigenvalue weighted by molar-refractivity contribution is 0.133. The maximum absolute atomic E-state index is 5.21. The van der Waals surface area contributed by atoms with Crippen molar-refractivity contribution in [1.82, 2.24) is 15.1 Å². The summed E-state index contributed by atoms with van der Waals surface area (Å²) in [6.45, 7) is 2.61. The lowest BCUT2D eigenvalue weighted by Crippen LogP contribution is -2.37. The second-order valence-electron chi connectivity index (χ2n) is 8.13. The van der Waals surface area contributed by atoms with Crippen molar-refractivity contribution in [1.29, 1.82) is 0 Å². The van der Waals surface area contributed by atoms with Crippen LogP contribution < -0.4 is 0 Å². The summed E-state index contributed by atoms with van der Waals surface area (Å²) >= 11 is 0. The molecule has 0 atom stereocenters. The molecule has 4 nitrogen and oxygen atoms in total. The molecule has 29 heavy (non-hydrogen) atoms. The summed E-state index contributed by atoms with van der Waals surface area (Å²) in [5.74, 6) is 0.559. The molecule has 152 valence electrons. The SMILES string of the molecule is COCc1cc([C@H]2CC[C@H](N(Cc3ccccc3)Cc3ccccc3)CC2)n[nH]1. The molecule has 1 aliphatic carbocycles. The van der Waals surface area contributed by atoms with E-state index >= 15 is 0 Å². The quantitative estimate of drug-likeness (QED) is 0.569. The molecule has 0 unspecified atom stereocenters. The molecular formula is C25H31N3O. The third kappa shape index (κ3) is 5.34. The van der Waals surface area contributed by atoms with E-state index < -0.39 is 0 Å². The van der Waals surface area contributed by atoms with Gasteiger partial charge in [-0.25, -0.2) is 0 Å². The van der Waals surface area contributed by atoms with Crippen molar-refractivity contribution in [2.45, 2.75) is 57.3 Å². The van der Waals surface area contributed by atoms with Gasteiger partial charge >= 0.3 is 0 Å². The van der Waals surface area contributed by atoms with Crippen molar-refractivity contribution >= 4 is 0 Å². The van der Waals surface area contributed by atoms with E-state index in [4.69, 9.17) is 4.74 Å². The number of hydrogen-bond acceptors (Lipinski definition) is 3. The first-order valence-corrected chi connectivity index (χ1v) is 10.7. The van der Waals surface area contributed by atoms with Crippen molar-refractivity contribution in [2.24, 2.45) is 0 Å². The molecular weight excluding hydrogens is 358 g/mol. The summed E-state index contributed by atoms with van der Waals surface area (Å²) in [4.78, 5) is 2.67. The third-order valence-electron chi connectivity index (χ3n) is 6.04. The predicted molar refractivity (Wildman–Crippen MR) is 116 cm³/mol. The minimum absolute atomic E-state index is 0.559. The van der Waals surface area contributed by atoms with Gasteiger partial charge in [-0.3, -0.25) is 10.00 Å². The number of aromatic amines is 1. The zero-order valence-corrected chi connectivity index (χ0v) is 17.3. The average molecular weight is 390 g/mol. The Bertz CT molecular complexity index is 813. The number of aromatic nitrogens is 2. The van der Waals surface area contributed by atoms with Crippen LogP contribution in [0.1, 0.15) is 54.1 Å². The summed E-state index contributed by atoms with van der Waals surface area (Å²) in [6.07, 6.45) is 4.83. The topological polar surface area (TPSA) is 41.1 Å². The van der Waals surface area contributed by atoms with Crippen molar-refractivity contribution < 1.29 is 4.74 Å². The molecule has 1 heterocycles. The van der Waals surface area contributed by atoms with Gasteiger partial charge in [0.1, 0.15) is 0 Å². The summed E-state index contributed by atoms with van der Waals surface area (Å²) < 4.78 is 5.21. The molecule has 4 heteroatoms. The Morgan fingerprint density at radius 2 is 1.48 bits per heavy atom. The highest BCUT2D eigenvalue weighted by molar-refractivity contribution is 5.18. The highest BCUT2D eigenvalue weighted by Crippen LogP contribution is 2.35. The lowest BCUT2D eigenvalue weighted by atomic mass is 9.83. The van der Waals surface area contributed by atoms with Gasteiger partial charge in [0.25, 0.3) is 0 Å². The maximum atomic E-state index is 5.21. The first-order chi connectivity index (χ1) is 14.3. The van der Waals surface area contributed by atoms with E-state index in [-0.39, 0.29) is 0 Å². The molecule has 3 aromatic rings. The van der Waals surface area contributed by atoms with Gasteiger partial charge in [0.2, 0.25) is 0 Å². The number of rotatable bonds is 8. The van der Waals surface area contributed by atoms with Gasteiger partial charge in [0.05, 0.1) is 18.0 Å². The molecule has 2 aromatic carbocycles. The molecule has 0 radical (unpaired) electrons. The van der Waals surface area contributed by atoms with E-state index in [2.05, 4.69) is 81.8 Å². The molecule has 1 saturated carbocycles. The normalized spacial score (nSPS) is 19.5. The average Bonchev–Trinajstić information content (AvgIpc) is 3.24. The van der Waals surface area contributed by atoms with Crippen LogP contribution in [-0.4, -0.2) is 28.2 Å². The molecule has 1 aromatic heterocycles. The maximum Gasteiger partial charge on any atom is 0.0878 e. The van der Waals surface area contributed by atoms with Crippen LogP contribution in [0.4, 0.5) is 0 Å². The Labute approximate surface area is 173 Å². The first kappa shape index (κ1) is 19.9. The summed E-state index contributed by atoms with van der Waals surface area (Å²) in [5.41, 5.74) is 5.05. The van der Waals surface area contributed by atoms with Crippen LogP contribution in [0.2, 0.25) is 0 Å². The fourth-order valence-corrected chi connectivity index (χ4v) is 4.50. The van der Waals surface area contributed by atoms with Gasteiger partial charge in [-0.15, -0.1) is 0 Å². The summed E-state index contributed by atoms with van der Waals surface area (Å²) in [7, 11) is 1.72. The molecule has 1 N–H and O–H groups in total. The van der Waals surface area contributed by atoms with Crippen LogP contribution in [0.3, 0.4) is 0 Å². The predicted octanol–water partition coefficient (Wildman–Crippen LogP) is 5.28. The second-order valence-corrected chi connectivity index (χ2v) is 8.13. The van der Waals surface area contributed by atoms with E-state index in [1.165, 1.54) is 42.5 Å². The van der Waals surface area contributed by atoms with Gasteiger partial charge in [0.15, 0.2) is 0 Å². The van der Waals surface area contributed by atoms with Gasteiger partial charge in [0, 0.05) is 32.2 Å². The van der Waals surface area contributed by atoms with Crippen LogP contribution in [0.15, 0.2) is 66.7 Å². The number of nitrogens with one attached hydrogen (secondary N) is 1. The van der Waals surface area contributed by atoms with Crippen LogP contribution in [0.25, 0.3) is 0 Å². The van der Waals surface area contributed by atoms with E-state index in [1.807, 2.05) is 0 Å². The van der Waals surface area contributed by atoms with Gasteiger partial charge in [-0.05, 0) is 42.9 Å². The molecule has 0 amide bonds. The van der Waals surface area contributed by atoms with Crippen LogP contribution in [0, 0.1) is 0 Å². The monoisotopic (exact) mass is 389 g/mol. The van der Waals surface area contributed by atoms with Crippen LogP contribution >= 0.6 is 0 Å². The van der Waals surface area contributed by atoms with Crippen molar-refractivity contribution in [3.05, 3.63) is 89.2 Å². The fraction of sp³-hybridized carbons (Fsp3) is 0.400. The van der Waals surface area contributed by atoms with Crippen LogP contribution in [-0.2, 0) is 24.4 Å².